The van der Waals surface area contributed by atoms with Crippen molar-refractivity contribution in [1.82, 2.24) is 4.90 Å². The fourth-order valence-electron chi connectivity index (χ4n) is 6.55. The van der Waals surface area contributed by atoms with Crippen molar-refractivity contribution in [1.29, 1.82) is 0 Å². The second-order valence-corrected chi connectivity index (χ2v) is 13.4. The Morgan fingerprint density at radius 2 is 1.69 bits per heavy atom. The molecule has 3 fully saturated rings. The molecule has 0 unspecified atom stereocenters. The van der Waals surface area contributed by atoms with Crippen LogP contribution in [0.3, 0.4) is 0 Å². The van der Waals surface area contributed by atoms with Crippen molar-refractivity contribution in [3.63, 3.8) is 0 Å². The monoisotopic (exact) mass is 758 g/mol. The predicted molar refractivity (Wildman–Crippen MR) is 188 cm³/mol. The topological polar surface area (TPSA) is 91.7 Å². The number of amides is 1. The molecular weight excluding hydrogens is 722 g/mol. The fourth-order valence-corrected chi connectivity index (χ4v) is 7.09. The predicted octanol–water partition coefficient (Wildman–Crippen LogP) is 8.32. The molecule has 3 aliphatic rings. The lowest BCUT2D eigenvalue weighted by atomic mass is 9.86. The number of hydrogen-bond donors (Lipinski definition) is 0. The molecule has 0 saturated carbocycles. The molecule has 14 heteroatoms. The van der Waals surface area contributed by atoms with Gasteiger partial charge in [0.25, 0.3) is 0 Å². The first-order valence-electron chi connectivity index (χ1n) is 16.9. The Hall–Kier alpha value is -4.52. The van der Waals surface area contributed by atoms with Gasteiger partial charge in [0.05, 0.1) is 24.4 Å². The normalized spacial score (nSPS) is 18.5. The number of alkyl halides is 2. The third-order valence-electron chi connectivity index (χ3n) is 9.23. The summed E-state index contributed by atoms with van der Waals surface area (Å²) >= 11 is 12.9. The first-order valence-corrected chi connectivity index (χ1v) is 17.7. The molecule has 2 bridgehead atoms. The van der Waals surface area contributed by atoms with E-state index in [1.807, 2.05) is 0 Å². The number of para-hydroxylation sites is 1. The molecule has 0 spiro atoms. The smallest absolute Gasteiger partial charge is 0.415 e. The number of anilines is 1. The van der Waals surface area contributed by atoms with Crippen LogP contribution in [-0.4, -0.2) is 55.9 Å². The molecule has 0 radical (unpaired) electrons. The van der Waals surface area contributed by atoms with Gasteiger partial charge in [-0.1, -0.05) is 53.5 Å². The highest BCUT2D eigenvalue weighted by atomic mass is 35.5. The summed E-state index contributed by atoms with van der Waals surface area (Å²) in [4.78, 5) is 33.6. The van der Waals surface area contributed by atoms with E-state index < -0.39 is 30.6 Å². The summed E-state index contributed by atoms with van der Waals surface area (Å²) in [5.41, 5.74) is 1.77. The minimum Gasteiger partial charge on any atom is -0.490 e. The number of H-pyrrole nitrogens is 1. The van der Waals surface area contributed by atoms with Crippen LogP contribution in [0.1, 0.15) is 52.9 Å². The van der Waals surface area contributed by atoms with Crippen molar-refractivity contribution >= 4 is 41.0 Å². The van der Waals surface area contributed by atoms with E-state index in [-0.39, 0.29) is 54.3 Å². The van der Waals surface area contributed by atoms with Crippen molar-refractivity contribution in [2.24, 2.45) is 5.92 Å². The van der Waals surface area contributed by atoms with Gasteiger partial charge in [-0.25, -0.2) is 19.0 Å². The second-order valence-electron chi connectivity index (χ2n) is 12.5. The standard InChI is InChI=1S/C38H36Cl2F3N3O6/c1-2-49-34-17-26(11-12-32(34)51-37(42)43)33(18-27-28(39)19-44-20-29(27)40)50-36(47)25-9-7-23(8-10-25)21-46(31-6-4-3-5-30(31)41)38(48)52-35-22-45-15-13-24(35)14-16-45/h3-12,17,19-20,24,33,35,37H,2,13-16,18,21-22H2,1H3/p+1/t33-,35-/m0/s1. The molecular formula is C38H37Cl2F3N3O6+. The molecule has 4 heterocycles. The SMILES string of the molecule is CCOc1cc([C@H](Cc2c(Cl)c[nH+]cc2Cl)OC(=O)c2ccc(CN(C(=O)O[C@H]3CN4CCC3CC4)c3ccccc3F)cc2)ccc1OC(F)F. The summed E-state index contributed by atoms with van der Waals surface area (Å²) in [7, 11) is 0. The van der Waals surface area contributed by atoms with Crippen molar-refractivity contribution in [3.8, 4) is 11.5 Å². The summed E-state index contributed by atoms with van der Waals surface area (Å²) in [6.45, 7) is 1.38. The molecule has 9 nitrogen and oxygen atoms in total. The van der Waals surface area contributed by atoms with E-state index in [1.54, 1.807) is 31.2 Å². The molecule has 7 rings (SSSR count). The lowest BCUT2D eigenvalue weighted by molar-refractivity contribution is -0.377. The molecule has 1 amide bonds. The fraction of sp³-hybridized carbons (Fsp3) is 0.342. The number of ether oxygens (including phenoxy) is 4. The number of fused-ring (bicyclic) bond motifs is 3. The van der Waals surface area contributed by atoms with Crippen LogP contribution in [0.2, 0.25) is 10.0 Å². The number of carbonyl (C=O) groups is 2. The molecule has 4 aromatic rings. The first kappa shape index (κ1) is 37.2. The highest BCUT2D eigenvalue weighted by Gasteiger charge is 2.38. The lowest BCUT2D eigenvalue weighted by Crippen LogP contribution is -2.53. The highest BCUT2D eigenvalue weighted by Crippen LogP contribution is 2.37. The molecule has 3 aromatic carbocycles. The lowest BCUT2D eigenvalue weighted by Gasteiger charge is -2.44. The second kappa shape index (κ2) is 16.9. The average molecular weight is 760 g/mol. The minimum atomic E-state index is -3.07. The number of benzene rings is 3. The summed E-state index contributed by atoms with van der Waals surface area (Å²) < 4.78 is 63.3. The maximum atomic E-state index is 15.0. The number of aromatic nitrogens is 1. The number of aromatic amines is 1. The number of nitrogens with one attached hydrogen (secondary N) is 1. The van der Waals surface area contributed by atoms with Gasteiger partial charge < -0.3 is 18.9 Å². The largest absolute Gasteiger partial charge is 0.490 e. The van der Waals surface area contributed by atoms with Gasteiger partial charge in [-0.15, -0.1) is 0 Å². The number of esters is 1. The molecule has 1 N–H and O–H groups in total. The third kappa shape index (κ3) is 8.91. The van der Waals surface area contributed by atoms with Crippen LogP contribution in [0, 0.1) is 11.7 Å². The Kier molecular flexibility index (Phi) is 12.1. The van der Waals surface area contributed by atoms with Crippen LogP contribution in [0.15, 0.2) is 79.1 Å². The van der Waals surface area contributed by atoms with Crippen molar-refractivity contribution in [2.75, 3.05) is 31.1 Å². The number of halogens is 5. The zero-order chi connectivity index (χ0) is 36.8. The van der Waals surface area contributed by atoms with Gasteiger partial charge in [-0.3, -0.25) is 9.80 Å². The molecule has 0 aliphatic carbocycles. The van der Waals surface area contributed by atoms with E-state index in [0.29, 0.717) is 33.3 Å². The van der Waals surface area contributed by atoms with E-state index in [9.17, 15) is 18.4 Å². The van der Waals surface area contributed by atoms with Gasteiger partial charge in [0, 0.05) is 18.5 Å². The minimum absolute atomic E-state index is 0.0198. The maximum absolute atomic E-state index is 15.0. The number of piperidine rings is 3. The number of hydrogen-bond acceptors (Lipinski definition) is 7. The van der Waals surface area contributed by atoms with Crippen LogP contribution in [-0.2, 0) is 22.4 Å². The maximum Gasteiger partial charge on any atom is 0.415 e. The van der Waals surface area contributed by atoms with Crippen LogP contribution < -0.4 is 19.4 Å². The molecule has 3 saturated heterocycles. The highest BCUT2D eigenvalue weighted by molar-refractivity contribution is 6.35. The Morgan fingerprint density at radius 1 is 0.981 bits per heavy atom. The average Bonchev–Trinajstić information content (AvgIpc) is 3.13. The molecule has 274 valence electrons. The Morgan fingerprint density at radius 3 is 2.33 bits per heavy atom. The van der Waals surface area contributed by atoms with Gasteiger partial charge >= 0.3 is 18.7 Å². The van der Waals surface area contributed by atoms with Gasteiger partial charge in [0.1, 0.15) is 28.1 Å². The Labute approximate surface area is 309 Å². The van der Waals surface area contributed by atoms with Gasteiger partial charge in [-0.05, 0) is 86.3 Å². The van der Waals surface area contributed by atoms with E-state index in [0.717, 1.165) is 25.9 Å². The summed E-state index contributed by atoms with van der Waals surface area (Å²) in [5, 5.41) is 0.596. The Balaban J connectivity index is 1.22. The van der Waals surface area contributed by atoms with Crippen molar-refractivity contribution in [3.05, 3.63) is 117 Å². The third-order valence-corrected chi connectivity index (χ3v) is 9.91. The van der Waals surface area contributed by atoms with E-state index >= 15 is 4.39 Å². The van der Waals surface area contributed by atoms with Gasteiger partial charge in [0.2, 0.25) is 0 Å². The van der Waals surface area contributed by atoms with Crippen LogP contribution in [0.25, 0.3) is 0 Å². The molecule has 2 atom stereocenters. The number of nitrogens with zero attached hydrogens (tertiary/aromatic N) is 2. The number of pyridine rings is 1. The number of rotatable bonds is 13. The summed E-state index contributed by atoms with van der Waals surface area (Å²) in [6.07, 6.45) is 3.09. The quantitative estimate of drug-likeness (QED) is 0.127. The van der Waals surface area contributed by atoms with E-state index in [2.05, 4.69) is 14.6 Å². The van der Waals surface area contributed by atoms with Crippen LogP contribution >= 0.6 is 23.2 Å². The van der Waals surface area contributed by atoms with E-state index in [1.165, 1.54) is 59.8 Å². The van der Waals surface area contributed by atoms with Crippen molar-refractivity contribution < 1.29 is 46.7 Å². The molecule has 3 aliphatic heterocycles. The number of carbonyl (C=O) groups excluding carboxylic acids is 2. The molecule has 1 aromatic heterocycles. The van der Waals surface area contributed by atoms with Gasteiger partial charge in [-0.2, -0.15) is 8.78 Å². The summed E-state index contributed by atoms with van der Waals surface area (Å²) in [5.74, 6) is -1.14. The van der Waals surface area contributed by atoms with Crippen molar-refractivity contribution in [2.45, 2.75) is 51.6 Å². The van der Waals surface area contributed by atoms with Gasteiger partial charge in [0.15, 0.2) is 23.9 Å². The Bertz CT molecular complexity index is 1860. The molecule has 52 heavy (non-hydrogen) atoms. The summed E-state index contributed by atoms with van der Waals surface area (Å²) in [6, 6.07) is 16.6. The first-order chi connectivity index (χ1) is 25.1. The van der Waals surface area contributed by atoms with Crippen LogP contribution in [0.5, 0.6) is 11.5 Å². The zero-order valence-electron chi connectivity index (χ0n) is 28.2. The van der Waals surface area contributed by atoms with Crippen LogP contribution in [0.4, 0.5) is 23.7 Å². The van der Waals surface area contributed by atoms with E-state index in [4.69, 9.17) is 37.4 Å². The zero-order valence-corrected chi connectivity index (χ0v) is 29.7.